The summed E-state index contributed by atoms with van der Waals surface area (Å²) in [6, 6.07) is 0.244. The van der Waals surface area contributed by atoms with Gasteiger partial charge < -0.3 is 9.30 Å². The van der Waals surface area contributed by atoms with E-state index in [1.165, 1.54) is 12.4 Å². The van der Waals surface area contributed by atoms with Crippen LogP contribution in [0.1, 0.15) is 33.0 Å². The van der Waals surface area contributed by atoms with Gasteiger partial charge in [0.15, 0.2) is 0 Å². The van der Waals surface area contributed by atoms with E-state index >= 15 is 0 Å². The first kappa shape index (κ1) is 17.3. The van der Waals surface area contributed by atoms with E-state index in [-0.39, 0.29) is 17.1 Å². The normalized spacial score (nSPS) is 28.0. The van der Waals surface area contributed by atoms with Crippen LogP contribution >= 0.6 is 0 Å². The zero-order chi connectivity index (χ0) is 16.8. The molecule has 0 aromatic carbocycles. The zero-order valence-corrected chi connectivity index (χ0v) is 13.7. The molecule has 1 aromatic rings. The Hall–Kier alpha value is -1.08. The Morgan fingerprint density at radius 2 is 2.05 bits per heavy atom. The second-order valence-electron chi connectivity index (χ2n) is 6.88. The number of rotatable bonds is 5. The Kier molecular flexibility index (Phi) is 4.34. The number of hydrogen-bond acceptors (Lipinski definition) is 3. The van der Waals surface area contributed by atoms with Crippen molar-refractivity contribution in [3.63, 3.8) is 0 Å². The van der Waals surface area contributed by atoms with E-state index in [4.69, 9.17) is 4.74 Å². The summed E-state index contributed by atoms with van der Waals surface area (Å²) in [6.45, 7) is 5.71. The number of halogens is 3. The molecule has 1 aromatic heterocycles. The van der Waals surface area contributed by atoms with Gasteiger partial charge in [0, 0.05) is 31.0 Å². The highest BCUT2D eigenvalue weighted by Gasteiger charge is 2.58. The van der Waals surface area contributed by atoms with Gasteiger partial charge in [0.05, 0.1) is 12.1 Å². The molecule has 7 heteroatoms. The SMILES string of the molecule is CO[C@]1(C)C[C@H](N(C)Cc2nccn2CC(F)(F)F)C1(C)C. The van der Waals surface area contributed by atoms with E-state index in [2.05, 4.69) is 30.7 Å². The van der Waals surface area contributed by atoms with Crippen molar-refractivity contribution in [2.45, 2.75) is 58.1 Å². The standard InChI is InChI=1S/C15H24F3N3O/c1-13(2)11(8-14(13,3)22-5)20(4)9-12-19-6-7-21(12)10-15(16,17)18/h6-7,11H,8-10H2,1-5H3/t11-,14+/m0/s1. The molecule has 1 saturated carbocycles. The van der Waals surface area contributed by atoms with Crippen molar-refractivity contribution in [2.24, 2.45) is 5.41 Å². The molecule has 1 fully saturated rings. The third-order valence-corrected chi connectivity index (χ3v) is 5.30. The summed E-state index contributed by atoms with van der Waals surface area (Å²) < 4.78 is 44.5. The van der Waals surface area contributed by atoms with Crippen molar-refractivity contribution in [3.8, 4) is 0 Å². The highest BCUT2D eigenvalue weighted by atomic mass is 19.4. The third-order valence-electron chi connectivity index (χ3n) is 5.30. The Labute approximate surface area is 129 Å². The van der Waals surface area contributed by atoms with Crippen LogP contribution in [0.5, 0.6) is 0 Å². The summed E-state index contributed by atoms with van der Waals surface area (Å²) in [6.07, 6.45) is -0.590. The van der Waals surface area contributed by atoms with Gasteiger partial charge >= 0.3 is 6.18 Å². The van der Waals surface area contributed by atoms with Crippen molar-refractivity contribution in [1.82, 2.24) is 14.5 Å². The highest BCUT2D eigenvalue weighted by molar-refractivity contribution is 5.12. The molecule has 4 nitrogen and oxygen atoms in total. The molecular weight excluding hydrogens is 295 g/mol. The quantitative estimate of drug-likeness (QED) is 0.835. The first-order valence-electron chi connectivity index (χ1n) is 7.32. The van der Waals surface area contributed by atoms with Crippen molar-refractivity contribution >= 4 is 0 Å². The van der Waals surface area contributed by atoms with E-state index in [1.807, 2.05) is 7.05 Å². The lowest BCUT2D eigenvalue weighted by molar-refractivity contribution is -0.207. The van der Waals surface area contributed by atoms with Crippen LogP contribution in [0.2, 0.25) is 0 Å². The van der Waals surface area contributed by atoms with Crippen LogP contribution in [0.15, 0.2) is 12.4 Å². The lowest BCUT2D eigenvalue weighted by Crippen LogP contribution is -2.67. The average Bonchev–Trinajstić information content (AvgIpc) is 2.80. The lowest BCUT2D eigenvalue weighted by atomic mass is 9.55. The molecule has 0 N–H and O–H groups in total. The third kappa shape index (κ3) is 3.01. The first-order chi connectivity index (χ1) is 10.00. The van der Waals surface area contributed by atoms with Gasteiger partial charge in [0.2, 0.25) is 0 Å². The van der Waals surface area contributed by atoms with Crippen molar-refractivity contribution in [1.29, 1.82) is 0 Å². The number of alkyl halides is 3. The maximum Gasteiger partial charge on any atom is 0.406 e. The molecule has 2 atom stereocenters. The van der Waals surface area contributed by atoms with Gasteiger partial charge in [-0.15, -0.1) is 0 Å². The molecule has 126 valence electrons. The molecule has 0 aliphatic heterocycles. The molecule has 0 spiro atoms. The van der Waals surface area contributed by atoms with Crippen molar-refractivity contribution in [3.05, 3.63) is 18.2 Å². The number of aromatic nitrogens is 2. The molecule has 2 rings (SSSR count). The fourth-order valence-electron chi connectivity index (χ4n) is 3.32. The van der Waals surface area contributed by atoms with Gasteiger partial charge in [-0.3, -0.25) is 4.90 Å². The first-order valence-corrected chi connectivity index (χ1v) is 7.32. The molecule has 22 heavy (non-hydrogen) atoms. The van der Waals surface area contributed by atoms with Gasteiger partial charge in [0.1, 0.15) is 12.4 Å². The topological polar surface area (TPSA) is 30.3 Å². The summed E-state index contributed by atoms with van der Waals surface area (Å²) in [4.78, 5) is 6.14. The van der Waals surface area contributed by atoms with Gasteiger partial charge in [-0.25, -0.2) is 4.98 Å². The molecule has 0 radical (unpaired) electrons. The molecule has 1 aliphatic carbocycles. The summed E-state index contributed by atoms with van der Waals surface area (Å²) >= 11 is 0. The van der Waals surface area contributed by atoms with Crippen LogP contribution in [0.25, 0.3) is 0 Å². The van der Waals surface area contributed by atoms with Crippen molar-refractivity contribution < 1.29 is 17.9 Å². The van der Waals surface area contributed by atoms with Crippen molar-refractivity contribution in [2.75, 3.05) is 14.2 Å². The summed E-state index contributed by atoms with van der Waals surface area (Å²) in [5.41, 5.74) is -0.273. The van der Waals surface area contributed by atoms with E-state index in [0.29, 0.717) is 12.4 Å². The minimum absolute atomic E-state index is 0.0715. The van der Waals surface area contributed by atoms with E-state index < -0.39 is 12.7 Å². The zero-order valence-electron chi connectivity index (χ0n) is 13.7. The smallest absolute Gasteiger partial charge is 0.378 e. The van der Waals surface area contributed by atoms with Gasteiger partial charge in [0.25, 0.3) is 0 Å². The van der Waals surface area contributed by atoms with E-state index in [1.54, 1.807) is 7.11 Å². The summed E-state index contributed by atoms with van der Waals surface area (Å²) in [5, 5.41) is 0. The van der Waals surface area contributed by atoms with E-state index in [9.17, 15) is 13.2 Å². The molecule has 1 heterocycles. The highest BCUT2D eigenvalue weighted by Crippen LogP contribution is 2.53. The largest absolute Gasteiger partial charge is 0.406 e. The van der Waals surface area contributed by atoms with Crippen LogP contribution in [0, 0.1) is 5.41 Å². The Bertz CT molecular complexity index is 526. The number of ether oxygens (including phenoxy) is 1. The summed E-state index contributed by atoms with van der Waals surface area (Å²) in [5.74, 6) is 0.432. The molecular formula is C15H24F3N3O. The molecule has 0 unspecified atom stereocenters. The van der Waals surface area contributed by atoms with E-state index in [0.717, 1.165) is 11.0 Å². The van der Waals surface area contributed by atoms with Crippen LogP contribution < -0.4 is 0 Å². The maximum atomic E-state index is 12.6. The predicted molar refractivity (Wildman–Crippen MR) is 77.3 cm³/mol. The lowest BCUT2D eigenvalue weighted by Gasteiger charge is -2.61. The minimum atomic E-state index is -4.24. The van der Waals surface area contributed by atoms with Crippen LogP contribution in [-0.2, 0) is 17.8 Å². The molecule has 1 aliphatic rings. The Balaban J connectivity index is 2.05. The maximum absolute atomic E-state index is 12.6. The van der Waals surface area contributed by atoms with Gasteiger partial charge in [-0.1, -0.05) is 13.8 Å². The number of imidazole rings is 1. The van der Waals surface area contributed by atoms with Crippen LogP contribution in [0.3, 0.4) is 0 Å². The Morgan fingerprint density at radius 3 is 2.55 bits per heavy atom. The summed E-state index contributed by atoms with van der Waals surface area (Å²) in [7, 11) is 3.63. The molecule has 0 bridgehead atoms. The fourth-order valence-corrected chi connectivity index (χ4v) is 3.32. The monoisotopic (exact) mass is 319 g/mol. The van der Waals surface area contributed by atoms with Crippen LogP contribution in [0.4, 0.5) is 13.2 Å². The molecule has 0 saturated heterocycles. The number of hydrogen-bond donors (Lipinski definition) is 0. The number of nitrogens with zero attached hydrogens (tertiary/aromatic N) is 3. The molecule has 0 amide bonds. The predicted octanol–water partition coefficient (Wildman–Crippen LogP) is 3.08. The fraction of sp³-hybridized carbons (Fsp3) is 0.800. The van der Waals surface area contributed by atoms with Gasteiger partial charge in [-0.2, -0.15) is 13.2 Å². The second kappa shape index (κ2) is 5.53. The average molecular weight is 319 g/mol. The number of methoxy groups -OCH3 is 1. The Morgan fingerprint density at radius 1 is 1.41 bits per heavy atom. The minimum Gasteiger partial charge on any atom is -0.378 e. The van der Waals surface area contributed by atoms with Crippen LogP contribution in [-0.4, -0.2) is 46.4 Å². The van der Waals surface area contributed by atoms with Gasteiger partial charge in [-0.05, 0) is 20.4 Å². The second-order valence-corrected chi connectivity index (χ2v) is 6.88.